The maximum absolute atomic E-state index is 13.7. The van der Waals surface area contributed by atoms with Gasteiger partial charge in [0.25, 0.3) is 0 Å². The molecule has 1 N–H and O–H groups in total. The first-order valence-corrected chi connectivity index (χ1v) is 14.1. The van der Waals surface area contributed by atoms with Gasteiger partial charge in [0.05, 0.1) is 40.2 Å². The lowest BCUT2D eigenvalue weighted by Gasteiger charge is -2.30. The van der Waals surface area contributed by atoms with E-state index in [9.17, 15) is 14.7 Å². The van der Waals surface area contributed by atoms with Gasteiger partial charge in [0.2, 0.25) is 12.7 Å². The van der Waals surface area contributed by atoms with Crippen molar-refractivity contribution < 1.29 is 28.7 Å². The van der Waals surface area contributed by atoms with Gasteiger partial charge in [-0.1, -0.05) is 19.4 Å². The van der Waals surface area contributed by atoms with Gasteiger partial charge in [-0.3, -0.25) is 19.2 Å². The number of unbranched alkanes of at least 4 members (excludes halogenated alkanes) is 1. The average Bonchev–Trinajstić information content (AvgIpc) is 3.63. The Labute approximate surface area is 231 Å². The zero-order valence-electron chi connectivity index (χ0n) is 23.8. The largest absolute Gasteiger partial charge is 0.481 e. The summed E-state index contributed by atoms with van der Waals surface area (Å²) in [6.07, 6.45) is 7.10. The molecular formula is C29H44N5O5+. The summed E-state index contributed by atoms with van der Waals surface area (Å²) in [6, 6.07) is 7.25. The molecular weight excluding hydrogens is 498 g/mol. The summed E-state index contributed by atoms with van der Waals surface area (Å²) in [5, 5.41) is 14.7. The van der Waals surface area contributed by atoms with Crippen LogP contribution in [-0.2, 0) is 16.1 Å². The van der Waals surface area contributed by atoms with Crippen molar-refractivity contribution in [3.63, 3.8) is 0 Å². The van der Waals surface area contributed by atoms with Gasteiger partial charge in [-0.25, -0.2) is 0 Å². The normalized spacial score (nSPS) is 20.9. The Morgan fingerprint density at radius 1 is 1.15 bits per heavy atom. The van der Waals surface area contributed by atoms with E-state index in [1.165, 1.54) is 0 Å². The van der Waals surface area contributed by atoms with Gasteiger partial charge in [0, 0.05) is 57.0 Å². The lowest BCUT2D eigenvalue weighted by Crippen LogP contribution is -2.45. The van der Waals surface area contributed by atoms with E-state index in [-0.39, 0.29) is 31.2 Å². The van der Waals surface area contributed by atoms with Crippen molar-refractivity contribution in [2.75, 3.05) is 60.7 Å². The first kappa shape index (κ1) is 28.9. The molecule has 3 atom stereocenters. The minimum atomic E-state index is -0.844. The quantitative estimate of drug-likeness (QED) is 0.367. The van der Waals surface area contributed by atoms with Crippen LogP contribution >= 0.6 is 0 Å². The summed E-state index contributed by atoms with van der Waals surface area (Å²) >= 11 is 0. The lowest BCUT2D eigenvalue weighted by atomic mass is 9.84. The van der Waals surface area contributed by atoms with Crippen LogP contribution in [0.3, 0.4) is 0 Å². The smallest absolute Gasteiger partial charge is 0.308 e. The van der Waals surface area contributed by atoms with E-state index in [1.807, 2.05) is 40.0 Å². The molecule has 10 heteroatoms. The minimum Gasteiger partial charge on any atom is -0.481 e. The number of amides is 1. The number of hydrogen-bond donors (Lipinski definition) is 1. The SMILES string of the molecule is CCCCN(CCC[N+](C)(C)C)C(=O)CN1CC(c2ccc3c(c2)OCO3)C(C(=O)O)C1CCn1cccn1. The Bertz CT molecular complexity index is 1100. The Morgan fingerprint density at radius 3 is 2.62 bits per heavy atom. The Balaban J connectivity index is 1.55. The summed E-state index contributed by atoms with van der Waals surface area (Å²) in [5.41, 5.74) is 0.900. The summed E-state index contributed by atoms with van der Waals surface area (Å²) in [5.74, 6) is -0.382. The van der Waals surface area contributed by atoms with Crippen LogP contribution in [0, 0.1) is 5.92 Å². The number of fused-ring (bicyclic) bond motifs is 1. The number of aromatic nitrogens is 2. The fourth-order valence-corrected chi connectivity index (χ4v) is 5.75. The van der Waals surface area contributed by atoms with E-state index >= 15 is 0 Å². The molecule has 2 aliphatic heterocycles. The molecule has 10 nitrogen and oxygen atoms in total. The zero-order chi connectivity index (χ0) is 28.0. The van der Waals surface area contributed by atoms with Gasteiger partial charge in [-0.05, 0) is 36.6 Å². The predicted molar refractivity (Wildman–Crippen MR) is 148 cm³/mol. The predicted octanol–water partition coefficient (Wildman–Crippen LogP) is 2.90. The molecule has 0 aliphatic carbocycles. The topological polar surface area (TPSA) is 97.1 Å². The average molecular weight is 543 g/mol. The van der Waals surface area contributed by atoms with Gasteiger partial charge < -0.3 is 24.0 Å². The van der Waals surface area contributed by atoms with Gasteiger partial charge in [0.1, 0.15) is 0 Å². The van der Waals surface area contributed by atoms with E-state index in [4.69, 9.17) is 9.47 Å². The van der Waals surface area contributed by atoms with Crippen molar-refractivity contribution in [1.82, 2.24) is 19.6 Å². The van der Waals surface area contributed by atoms with Crippen molar-refractivity contribution in [1.29, 1.82) is 0 Å². The molecule has 1 fully saturated rings. The third-order valence-corrected chi connectivity index (χ3v) is 7.80. The molecule has 3 unspecified atom stereocenters. The number of ether oxygens (including phenoxy) is 2. The second kappa shape index (κ2) is 12.8. The number of carboxylic acid groups (broad SMARTS) is 1. The van der Waals surface area contributed by atoms with E-state index in [1.54, 1.807) is 6.20 Å². The number of carbonyl (C=O) groups excluding carboxylic acids is 1. The molecule has 0 spiro atoms. The number of carbonyl (C=O) groups is 2. The fourth-order valence-electron chi connectivity index (χ4n) is 5.75. The van der Waals surface area contributed by atoms with Gasteiger partial charge in [-0.15, -0.1) is 0 Å². The minimum absolute atomic E-state index is 0.0735. The highest BCUT2D eigenvalue weighted by Gasteiger charge is 2.47. The lowest BCUT2D eigenvalue weighted by molar-refractivity contribution is -0.870. The summed E-state index contributed by atoms with van der Waals surface area (Å²) in [6.45, 7) is 6.02. The molecule has 0 saturated carbocycles. The van der Waals surface area contributed by atoms with Crippen LogP contribution in [0.4, 0.5) is 0 Å². The van der Waals surface area contributed by atoms with Crippen molar-refractivity contribution in [2.45, 2.75) is 51.1 Å². The number of likely N-dealkylation sites (tertiary alicyclic amines) is 1. The molecule has 1 aromatic carbocycles. The number of quaternary nitrogens is 1. The third kappa shape index (κ3) is 7.51. The van der Waals surface area contributed by atoms with Crippen LogP contribution < -0.4 is 9.47 Å². The summed E-state index contributed by atoms with van der Waals surface area (Å²) in [7, 11) is 6.48. The van der Waals surface area contributed by atoms with Crippen molar-refractivity contribution >= 4 is 11.9 Å². The second-order valence-electron chi connectivity index (χ2n) is 11.7. The van der Waals surface area contributed by atoms with E-state index in [0.29, 0.717) is 37.6 Å². The molecule has 0 radical (unpaired) electrons. The zero-order valence-corrected chi connectivity index (χ0v) is 23.8. The fraction of sp³-hybridized carbons (Fsp3) is 0.621. The first-order chi connectivity index (χ1) is 18.7. The molecule has 2 aromatic rings. The number of benzene rings is 1. The molecule has 214 valence electrons. The highest BCUT2D eigenvalue weighted by atomic mass is 16.7. The van der Waals surface area contributed by atoms with Gasteiger partial charge in [0.15, 0.2) is 11.5 Å². The highest BCUT2D eigenvalue weighted by molar-refractivity contribution is 5.79. The van der Waals surface area contributed by atoms with E-state index in [2.05, 4.69) is 38.1 Å². The number of carboxylic acids is 1. The molecule has 3 heterocycles. The molecule has 1 saturated heterocycles. The molecule has 2 aliphatic rings. The number of nitrogens with zero attached hydrogens (tertiary/aromatic N) is 5. The van der Waals surface area contributed by atoms with Crippen LogP contribution in [0.25, 0.3) is 0 Å². The maximum Gasteiger partial charge on any atom is 0.308 e. The molecule has 4 rings (SSSR count). The van der Waals surface area contributed by atoms with Gasteiger partial charge in [-0.2, -0.15) is 5.10 Å². The molecule has 0 bridgehead atoms. The molecule has 1 aromatic heterocycles. The second-order valence-corrected chi connectivity index (χ2v) is 11.7. The van der Waals surface area contributed by atoms with E-state index in [0.717, 1.165) is 42.4 Å². The number of aryl methyl sites for hydroxylation is 1. The van der Waals surface area contributed by atoms with Crippen LogP contribution in [0.5, 0.6) is 11.5 Å². The Morgan fingerprint density at radius 2 is 1.92 bits per heavy atom. The number of hydrogen-bond acceptors (Lipinski definition) is 6. The molecule has 39 heavy (non-hydrogen) atoms. The number of aliphatic carboxylic acids is 1. The van der Waals surface area contributed by atoms with Gasteiger partial charge >= 0.3 is 5.97 Å². The maximum atomic E-state index is 13.7. The van der Waals surface area contributed by atoms with Crippen molar-refractivity contribution in [3.8, 4) is 11.5 Å². The first-order valence-electron chi connectivity index (χ1n) is 14.1. The molecule has 1 amide bonds. The summed E-state index contributed by atoms with van der Waals surface area (Å²) < 4.78 is 13.7. The van der Waals surface area contributed by atoms with Crippen molar-refractivity contribution in [2.24, 2.45) is 5.92 Å². The van der Waals surface area contributed by atoms with Crippen LogP contribution in [0.2, 0.25) is 0 Å². The third-order valence-electron chi connectivity index (χ3n) is 7.80. The van der Waals surface area contributed by atoms with Crippen LogP contribution in [0.1, 0.15) is 44.1 Å². The van der Waals surface area contributed by atoms with E-state index < -0.39 is 11.9 Å². The van der Waals surface area contributed by atoms with Crippen molar-refractivity contribution in [3.05, 3.63) is 42.2 Å². The highest BCUT2D eigenvalue weighted by Crippen LogP contribution is 2.42. The number of rotatable bonds is 14. The van der Waals surface area contributed by atoms with Crippen LogP contribution in [0.15, 0.2) is 36.7 Å². The standard InChI is InChI=1S/C29H43N5O5/c1-5-6-13-31(14-8-17-34(2,3)4)27(35)20-32-19-23(22-9-10-25-26(18-22)39-21-38-25)28(29(36)37)24(32)11-16-33-15-7-12-30-33/h7,9-10,12,15,18,23-24,28H,5-6,8,11,13-14,16-17,19-21H2,1-4H3/p+1. The Kier molecular flexibility index (Phi) is 9.50. The van der Waals surface area contributed by atoms with Crippen LogP contribution in [-0.4, -0.2) is 108 Å². The Hall–Kier alpha value is -3.11. The summed E-state index contributed by atoms with van der Waals surface area (Å²) in [4.78, 5) is 30.5. The monoisotopic (exact) mass is 542 g/mol.